The molecule has 19 heavy (non-hydrogen) atoms. The van der Waals surface area contributed by atoms with E-state index in [9.17, 15) is 14.7 Å². The smallest absolute Gasteiger partial charge is 0.327 e. The van der Waals surface area contributed by atoms with Gasteiger partial charge < -0.3 is 15.2 Å². The van der Waals surface area contributed by atoms with E-state index in [1.54, 1.807) is 13.0 Å². The Kier molecular flexibility index (Phi) is 3.22. The third-order valence-electron chi connectivity index (χ3n) is 3.69. The lowest BCUT2D eigenvalue weighted by atomic mass is 9.75. The van der Waals surface area contributed by atoms with Gasteiger partial charge in [-0.2, -0.15) is 0 Å². The Labute approximate surface area is 111 Å². The van der Waals surface area contributed by atoms with Crippen LogP contribution in [0.15, 0.2) is 18.2 Å². The average Bonchev–Trinajstić information content (AvgIpc) is 2.66. The number of ether oxygens (including phenoxy) is 1. The molecule has 1 aromatic carbocycles. The topological polar surface area (TPSA) is 75.6 Å². The molecule has 0 radical (unpaired) electrons. The minimum Gasteiger partial charge on any atom is -0.496 e. The van der Waals surface area contributed by atoms with Crippen LogP contribution in [-0.2, 0) is 15.0 Å². The fraction of sp³-hybridized carbons (Fsp3) is 0.429. The normalized spacial score (nSPS) is 26.1. The van der Waals surface area contributed by atoms with Crippen molar-refractivity contribution in [2.75, 3.05) is 7.11 Å². The molecule has 0 saturated carbocycles. The van der Waals surface area contributed by atoms with Crippen LogP contribution in [0.5, 0.6) is 5.75 Å². The van der Waals surface area contributed by atoms with Crippen molar-refractivity contribution in [3.8, 4) is 5.75 Å². The Bertz CT molecular complexity index is 540. The van der Waals surface area contributed by atoms with E-state index in [0.29, 0.717) is 5.75 Å². The van der Waals surface area contributed by atoms with Crippen molar-refractivity contribution in [2.45, 2.75) is 31.7 Å². The van der Waals surface area contributed by atoms with E-state index < -0.39 is 17.4 Å². The zero-order chi connectivity index (χ0) is 14.2. The van der Waals surface area contributed by atoms with Crippen molar-refractivity contribution in [2.24, 2.45) is 0 Å². The first-order chi connectivity index (χ1) is 8.88. The molecule has 102 valence electrons. The number of amides is 1. The van der Waals surface area contributed by atoms with Gasteiger partial charge in [-0.1, -0.05) is 24.6 Å². The van der Waals surface area contributed by atoms with Crippen molar-refractivity contribution in [3.63, 3.8) is 0 Å². The first kappa shape index (κ1) is 13.4. The molecule has 0 aliphatic carbocycles. The highest BCUT2D eigenvalue weighted by atomic mass is 16.5. The van der Waals surface area contributed by atoms with Gasteiger partial charge in [0.2, 0.25) is 5.91 Å². The Morgan fingerprint density at radius 2 is 2.21 bits per heavy atom. The van der Waals surface area contributed by atoms with Crippen molar-refractivity contribution in [3.05, 3.63) is 29.3 Å². The molecule has 1 heterocycles. The number of aliphatic carboxylic acids is 1. The summed E-state index contributed by atoms with van der Waals surface area (Å²) >= 11 is 0. The number of carboxylic acids is 1. The third kappa shape index (κ3) is 2.16. The summed E-state index contributed by atoms with van der Waals surface area (Å²) in [5.74, 6) is -0.675. The molecular weight excluding hydrogens is 246 g/mol. The molecule has 0 spiro atoms. The molecule has 1 fully saturated rings. The molecule has 1 saturated heterocycles. The summed E-state index contributed by atoms with van der Waals surface area (Å²) in [5, 5.41) is 11.8. The number of hydrogen-bond donors (Lipinski definition) is 2. The number of methoxy groups -OCH3 is 1. The zero-order valence-corrected chi connectivity index (χ0v) is 11.2. The van der Waals surface area contributed by atoms with Crippen LogP contribution in [0.25, 0.3) is 0 Å². The summed E-state index contributed by atoms with van der Waals surface area (Å²) in [7, 11) is 1.54. The van der Waals surface area contributed by atoms with Crippen molar-refractivity contribution in [1.82, 2.24) is 5.32 Å². The molecule has 2 rings (SSSR count). The minimum absolute atomic E-state index is 0.143. The van der Waals surface area contributed by atoms with Crippen molar-refractivity contribution < 1.29 is 19.4 Å². The molecule has 5 heteroatoms. The van der Waals surface area contributed by atoms with E-state index in [2.05, 4.69) is 5.32 Å². The van der Waals surface area contributed by atoms with Crippen LogP contribution in [-0.4, -0.2) is 30.1 Å². The molecule has 1 aliphatic heterocycles. The van der Waals surface area contributed by atoms with Crippen LogP contribution in [0.1, 0.15) is 24.5 Å². The molecule has 0 aromatic heterocycles. The van der Waals surface area contributed by atoms with Gasteiger partial charge in [-0.15, -0.1) is 0 Å². The van der Waals surface area contributed by atoms with Gasteiger partial charge in [0.05, 0.1) is 7.11 Å². The van der Waals surface area contributed by atoms with E-state index in [1.165, 1.54) is 7.11 Å². The second-order valence-corrected chi connectivity index (χ2v) is 5.14. The van der Waals surface area contributed by atoms with Gasteiger partial charge >= 0.3 is 5.97 Å². The van der Waals surface area contributed by atoms with E-state index in [-0.39, 0.29) is 12.3 Å². The molecule has 1 amide bonds. The van der Waals surface area contributed by atoms with E-state index in [0.717, 1.165) is 11.1 Å². The number of rotatable bonds is 3. The van der Waals surface area contributed by atoms with Gasteiger partial charge in [-0.05, 0) is 13.0 Å². The maximum absolute atomic E-state index is 11.6. The van der Waals surface area contributed by atoms with E-state index in [1.807, 2.05) is 19.1 Å². The molecule has 2 N–H and O–H groups in total. The van der Waals surface area contributed by atoms with Gasteiger partial charge in [-0.25, -0.2) is 4.79 Å². The average molecular weight is 263 g/mol. The summed E-state index contributed by atoms with van der Waals surface area (Å²) in [4.78, 5) is 23.0. The van der Waals surface area contributed by atoms with Crippen LogP contribution in [0, 0.1) is 6.92 Å². The number of nitrogens with one attached hydrogen (secondary N) is 1. The number of carboxylic acid groups (broad SMARTS) is 1. The second-order valence-electron chi connectivity index (χ2n) is 5.14. The molecule has 1 aromatic rings. The van der Waals surface area contributed by atoms with Gasteiger partial charge in [0, 0.05) is 17.4 Å². The SMILES string of the molecule is COc1ccc(C)cc1C1(C)CC(=O)NC1C(=O)O. The summed E-state index contributed by atoms with van der Waals surface area (Å²) < 4.78 is 5.31. The Hall–Kier alpha value is -2.04. The summed E-state index contributed by atoms with van der Waals surface area (Å²) in [6.07, 6.45) is 0.143. The summed E-state index contributed by atoms with van der Waals surface area (Å²) in [6.45, 7) is 3.70. The predicted molar refractivity (Wildman–Crippen MR) is 69.3 cm³/mol. The minimum atomic E-state index is -1.03. The highest BCUT2D eigenvalue weighted by Crippen LogP contribution is 2.41. The fourth-order valence-electron chi connectivity index (χ4n) is 2.66. The first-order valence-corrected chi connectivity index (χ1v) is 6.06. The second kappa shape index (κ2) is 4.57. The van der Waals surface area contributed by atoms with Crippen LogP contribution >= 0.6 is 0 Å². The lowest BCUT2D eigenvalue weighted by Gasteiger charge is -2.29. The van der Waals surface area contributed by atoms with Gasteiger partial charge in [0.25, 0.3) is 0 Å². The highest BCUT2D eigenvalue weighted by Gasteiger charge is 2.49. The van der Waals surface area contributed by atoms with Gasteiger partial charge in [0.15, 0.2) is 0 Å². The quantitative estimate of drug-likeness (QED) is 0.860. The predicted octanol–water partition coefficient (Wildman–Crippen LogP) is 1.23. The largest absolute Gasteiger partial charge is 0.496 e. The fourth-order valence-corrected chi connectivity index (χ4v) is 2.66. The lowest BCUT2D eigenvalue weighted by molar-refractivity contribution is -0.141. The maximum Gasteiger partial charge on any atom is 0.327 e. The Balaban J connectivity index is 2.57. The number of carbonyl (C=O) groups is 2. The molecule has 1 aliphatic rings. The first-order valence-electron chi connectivity index (χ1n) is 6.06. The van der Waals surface area contributed by atoms with Gasteiger partial charge in [-0.3, -0.25) is 4.79 Å². The number of benzene rings is 1. The van der Waals surface area contributed by atoms with E-state index >= 15 is 0 Å². The van der Waals surface area contributed by atoms with Crippen LogP contribution in [0.2, 0.25) is 0 Å². The molecule has 2 unspecified atom stereocenters. The zero-order valence-electron chi connectivity index (χ0n) is 11.2. The monoisotopic (exact) mass is 263 g/mol. The maximum atomic E-state index is 11.6. The van der Waals surface area contributed by atoms with Crippen LogP contribution in [0.4, 0.5) is 0 Å². The Morgan fingerprint density at radius 3 is 2.79 bits per heavy atom. The van der Waals surface area contributed by atoms with Crippen LogP contribution < -0.4 is 10.1 Å². The molecule has 0 bridgehead atoms. The summed E-state index contributed by atoms with van der Waals surface area (Å²) in [5.41, 5.74) is 0.946. The standard InChI is InChI=1S/C14H17NO4/c1-8-4-5-10(19-3)9(6-8)14(2)7-11(16)15-12(14)13(17)18/h4-6,12H,7H2,1-3H3,(H,15,16)(H,17,18). The van der Waals surface area contributed by atoms with E-state index in [4.69, 9.17) is 4.74 Å². The molecular formula is C14H17NO4. The number of hydrogen-bond acceptors (Lipinski definition) is 3. The Morgan fingerprint density at radius 1 is 1.53 bits per heavy atom. The summed E-state index contributed by atoms with van der Waals surface area (Å²) in [6, 6.07) is 4.65. The molecule has 5 nitrogen and oxygen atoms in total. The lowest BCUT2D eigenvalue weighted by Crippen LogP contribution is -2.44. The highest BCUT2D eigenvalue weighted by molar-refractivity contribution is 5.91. The number of aryl methyl sites for hydroxylation is 1. The number of carbonyl (C=O) groups excluding carboxylic acids is 1. The van der Waals surface area contributed by atoms with Gasteiger partial charge in [0.1, 0.15) is 11.8 Å². The third-order valence-corrected chi connectivity index (χ3v) is 3.69. The van der Waals surface area contributed by atoms with Crippen LogP contribution in [0.3, 0.4) is 0 Å². The van der Waals surface area contributed by atoms with Crippen molar-refractivity contribution >= 4 is 11.9 Å². The molecule has 2 atom stereocenters. The van der Waals surface area contributed by atoms with Crippen molar-refractivity contribution in [1.29, 1.82) is 0 Å².